The highest BCUT2D eigenvalue weighted by atomic mass is 15.1. The van der Waals surface area contributed by atoms with Crippen LogP contribution in [0.5, 0.6) is 0 Å². The van der Waals surface area contributed by atoms with Gasteiger partial charge in [-0.15, -0.1) is 0 Å². The Morgan fingerprint density at radius 3 is 2.67 bits per heavy atom. The summed E-state index contributed by atoms with van der Waals surface area (Å²) in [5, 5.41) is 3.12. The zero-order valence-electron chi connectivity index (χ0n) is 9.07. The molecule has 15 heavy (non-hydrogen) atoms. The number of hydrogen-bond donors (Lipinski definition) is 1. The van der Waals surface area contributed by atoms with Gasteiger partial charge in [0, 0.05) is 17.6 Å². The van der Waals surface area contributed by atoms with E-state index in [0.29, 0.717) is 0 Å². The monoisotopic (exact) mass is 201 g/mol. The summed E-state index contributed by atoms with van der Waals surface area (Å²) < 4.78 is 2.16. The molecule has 0 aliphatic heterocycles. The van der Waals surface area contributed by atoms with Crippen molar-refractivity contribution in [1.82, 2.24) is 14.9 Å². The number of hydrogen-bond acceptors (Lipinski definition) is 2. The van der Waals surface area contributed by atoms with E-state index in [-0.39, 0.29) is 0 Å². The SMILES string of the molecule is CNCc1ncc(C)n1-c1ccccc1. The molecule has 3 heteroatoms. The quantitative estimate of drug-likeness (QED) is 0.822. The molecule has 0 saturated heterocycles. The minimum Gasteiger partial charge on any atom is -0.313 e. The van der Waals surface area contributed by atoms with Gasteiger partial charge in [0.1, 0.15) is 5.82 Å². The zero-order chi connectivity index (χ0) is 10.7. The van der Waals surface area contributed by atoms with Gasteiger partial charge >= 0.3 is 0 Å². The molecule has 2 aromatic rings. The van der Waals surface area contributed by atoms with Crippen LogP contribution in [0, 0.1) is 6.92 Å². The molecule has 0 radical (unpaired) electrons. The van der Waals surface area contributed by atoms with Crippen LogP contribution in [0.2, 0.25) is 0 Å². The van der Waals surface area contributed by atoms with Gasteiger partial charge in [0.15, 0.2) is 0 Å². The standard InChI is InChI=1S/C12H15N3/c1-10-8-14-12(9-13-2)15(10)11-6-4-3-5-7-11/h3-8,13H,9H2,1-2H3. The van der Waals surface area contributed by atoms with Gasteiger partial charge < -0.3 is 5.32 Å². The minimum atomic E-state index is 0.780. The average Bonchev–Trinajstić information content (AvgIpc) is 2.62. The van der Waals surface area contributed by atoms with Gasteiger partial charge in [-0.05, 0) is 26.1 Å². The Labute approximate surface area is 89.8 Å². The fourth-order valence-electron chi connectivity index (χ4n) is 1.70. The average molecular weight is 201 g/mol. The number of aromatic nitrogens is 2. The Hall–Kier alpha value is -1.61. The molecule has 2 rings (SSSR count). The summed E-state index contributed by atoms with van der Waals surface area (Å²) in [6.07, 6.45) is 1.90. The predicted molar refractivity (Wildman–Crippen MR) is 61.1 cm³/mol. The van der Waals surface area contributed by atoms with Crippen molar-refractivity contribution in [2.24, 2.45) is 0 Å². The lowest BCUT2D eigenvalue weighted by atomic mass is 10.3. The molecule has 1 aromatic carbocycles. The molecule has 0 spiro atoms. The van der Waals surface area contributed by atoms with Crippen LogP contribution in [-0.2, 0) is 6.54 Å². The second-order valence-electron chi connectivity index (χ2n) is 3.52. The van der Waals surface area contributed by atoms with Gasteiger partial charge in [-0.3, -0.25) is 4.57 Å². The molecule has 0 unspecified atom stereocenters. The number of imidazole rings is 1. The first-order valence-corrected chi connectivity index (χ1v) is 5.06. The Balaban J connectivity index is 2.47. The van der Waals surface area contributed by atoms with Crippen LogP contribution in [-0.4, -0.2) is 16.6 Å². The molecule has 1 heterocycles. The van der Waals surface area contributed by atoms with E-state index >= 15 is 0 Å². The Morgan fingerprint density at radius 1 is 1.27 bits per heavy atom. The van der Waals surface area contributed by atoms with Crippen molar-refractivity contribution in [3.8, 4) is 5.69 Å². The molecule has 1 aromatic heterocycles. The first-order valence-electron chi connectivity index (χ1n) is 5.06. The van der Waals surface area contributed by atoms with E-state index in [2.05, 4.69) is 33.9 Å². The second kappa shape index (κ2) is 4.28. The maximum absolute atomic E-state index is 4.38. The van der Waals surface area contributed by atoms with Crippen LogP contribution in [0.25, 0.3) is 5.69 Å². The van der Waals surface area contributed by atoms with Gasteiger partial charge in [0.2, 0.25) is 0 Å². The molecule has 0 saturated carbocycles. The van der Waals surface area contributed by atoms with Gasteiger partial charge in [0.05, 0.1) is 6.54 Å². The fraction of sp³-hybridized carbons (Fsp3) is 0.250. The van der Waals surface area contributed by atoms with Crippen molar-refractivity contribution in [2.75, 3.05) is 7.05 Å². The number of benzene rings is 1. The highest BCUT2D eigenvalue weighted by Crippen LogP contribution is 2.13. The number of nitrogens with one attached hydrogen (secondary N) is 1. The van der Waals surface area contributed by atoms with E-state index in [1.165, 1.54) is 0 Å². The lowest BCUT2D eigenvalue weighted by Gasteiger charge is -2.09. The molecule has 3 nitrogen and oxygen atoms in total. The summed E-state index contributed by atoms with van der Waals surface area (Å²) >= 11 is 0. The van der Waals surface area contributed by atoms with Crippen molar-refractivity contribution in [1.29, 1.82) is 0 Å². The molecule has 0 aliphatic carbocycles. The number of nitrogens with zero attached hydrogens (tertiary/aromatic N) is 2. The third kappa shape index (κ3) is 1.92. The molecule has 0 atom stereocenters. The summed E-state index contributed by atoms with van der Waals surface area (Å²) in [4.78, 5) is 4.38. The first kappa shape index (κ1) is 9.93. The summed E-state index contributed by atoms with van der Waals surface area (Å²) in [7, 11) is 1.93. The van der Waals surface area contributed by atoms with Crippen LogP contribution in [0.4, 0.5) is 0 Å². The van der Waals surface area contributed by atoms with Crippen LogP contribution < -0.4 is 5.32 Å². The molecule has 0 amide bonds. The zero-order valence-corrected chi connectivity index (χ0v) is 9.07. The van der Waals surface area contributed by atoms with Crippen LogP contribution in [0.1, 0.15) is 11.5 Å². The lowest BCUT2D eigenvalue weighted by Crippen LogP contribution is -2.11. The molecule has 0 bridgehead atoms. The Morgan fingerprint density at radius 2 is 2.00 bits per heavy atom. The smallest absolute Gasteiger partial charge is 0.127 e. The normalized spacial score (nSPS) is 10.5. The van der Waals surface area contributed by atoms with Gasteiger partial charge in [-0.2, -0.15) is 0 Å². The van der Waals surface area contributed by atoms with E-state index in [0.717, 1.165) is 23.8 Å². The van der Waals surface area contributed by atoms with Crippen molar-refractivity contribution in [3.63, 3.8) is 0 Å². The summed E-state index contributed by atoms with van der Waals surface area (Å²) in [5.41, 5.74) is 2.32. The maximum Gasteiger partial charge on any atom is 0.127 e. The summed E-state index contributed by atoms with van der Waals surface area (Å²) in [5.74, 6) is 1.04. The highest BCUT2D eigenvalue weighted by molar-refractivity contribution is 5.35. The van der Waals surface area contributed by atoms with Crippen molar-refractivity contribution in [2.45, 2.75) is 13.5 Å². The number of rotatable bonds is 3. The van der Waals surface area contributed by atoms with Crippen LogP contribution in [0.3, 0.4) is 0 Å². The molecular weight excluding hydrogens is 186 g/mol. The topological polar surface area (TPSA) is 29.9 Å². The van der Waals surface area contributed by atoms with E-state index in [4.69, 9.17) is 0 Å². The molecule has 0 fully saturated rings. The first-order chi connectivity index (χ1) is 7.33. The summed E-state index contributed by atoms with van der Waals surface area (Å²) in [6.45, 7) is 2.85. The lowest BCUT2D eigenvalue weighted by molar-refractivity contribution is 0.737. The Bertz CT molecular complexity index is 431. The minimum absolute atomic E-state index is 0.780. The summed E-state index contributed by atoms with van der Waals surface area (Å²) in [6, 6.07) is 10.3. The van der Waals surface area contributed by atoms with Crippen LogP contribution in [0.15, 0.2) is 36.5 Å². The van der Waals surface area contributed by atoms with Crippen molar-refractivity contribution >= 4 is 0 Å². The predicted octanol–water partition coefficient (Wildman–Crippen LogP) is 1.90. The Kier molecular flexibility index (Phi) is 2.83. The second-order valence-corrected chi connectivity index (χ2v) is 3.52. The van der Waals surface area contributed by atoms with E-state index in [1.807, 2.05) is 31.4 Å². The molecule has 1 N–H and O–H groups in total. The molecular formula is C12H15N3. The van der Waals surface area contributed by atoms with E-state index < -0.39 is 0 Å². The van der Waals surface area contributed by atoms with E-state index in [1.54, 1.807) is 0 Å². The number of aryl methyl sites for hydroxylation is 1. The third-order valence-corrected chi connectivity index (χ3v) is 2.36. The van der Waals surface area contributed by atoms with Crippen molar-refractivity contribution < 1.29 is 0 Å². The van der Waals surface area contributed by atoms with Gasteiger partial charge in [-0.1, -0.05) is 18.2 Å². The molecule has 78 valence electrons. The largest absolute Gasteiger partial charge is 0.313 e. The van der Waals surface area contributed by atoms with E-state index in [9.17, 15) is 0 Å². The van der Waals surface area contributed by atoms with Crippen LogP contribution >= 0.6 is 0 Å². The molecule has 0 aliphatic rings. The third-order valence-electron chi connectivity index (χ3n) is 2.36. The van der Waals surface area contributed by atoms with Gasteiger partial charge in [0.25, 0.3) is 0 Å². The van der Waals surface area contributed by atoms with Gasteiger partial charge in [-0.25, -0.2) is 4.98 Å². The maximum atomic E-state index is 4.38. The highest BCUT2D eigenvalue weighted by Gasteiger charge is 2.06. The number of para-hydroxylation sites is 1. The fourth-order valence-corrected chi connectivity index (χ4v) is 1.70. The van der Waals surface area contributed by atoms with Crippen molar-refractivity contribution in [3.05, 3.63) is 48.0 Å².